The fourth-order valence-electron chi connectivity index (χ4n) is 3.05. The Morgan fingerprint density at radius 2 is 1.88 bits per heavy atom. The summed E-state index contributed by atoms with van der Waals surface area (Å²) in [7, 11) is 3.93. The number of hydrogen-bond donors (Lipinski definition) is 1. The van der Waals surface area contributed by atoms with E-state index in [1.807, 2.05) is 33.2 Å². The van der Waals surface area contributed by atoms with Crippen LogP contribution in [0, 0.1) is 6.92 Å². The summed E-state index contributed by atoms with van der Waals surface area (Å²) in [5.41, 5.74) is 1.37. The normalized spacial score (nSPS) is 19.5. The number of rotatable bonds is 5. The molecule has 26 heavy (non-hydrogen) atoms. The van der Waals surface area contributed by atoms with Gasteiger partial charge >= 0.3 is 0 Å². The minimum Gasteiger partial charge on any atom is -0.872 e. The van der Waals surface area contributed by atoms with Crippen LogP contribution < -0.4 is 10.0 Å². The van der Waals surface area contributed by atoms with Crippen molar-refractivity contribution < 1.29 is 24.0 Å². The Kier molecular flexibility index (Phi) is 4.95. The number of amides is 1. The van der Waals surface area contributed by atoms with Crippen molar-refractivity contribution in [3.63, 3.8) is 0 Å². The van der Waals surface area contributed by atoms with Crippen LogP contribution in [-0.2, 0) is 9.59 Å². The number of nitrogens with zero attached hydrogens (tertiary/aromatic N) is 1. The molecule has 0 radical (unpaired) electrons. The van der Waals surface area contributed by atoms with E-state index in [0.29, 0.717) is 24.4 Å². The predicted octanol–water partition coefficient (Wildman–Crippen LogP) is -0.0435. The Morgan fingerprint density at radius 1 is 1.19 bits per heavy atom. The Hall–Kier alpha value is -2.86. The van der Waals surface area contributed by atoms with Gasteiger partial charge < -0.3 is 19.3 Å². The Labute approximate surface area is 152 Å². The third-order valence-electron chi connectivity index (χ3n) is 4.51. The first-order valence-corrected chi connectivity index (χ1v) is 8.56. The fraction of sp³-hybridized carbons (Fsp3) is 0.300. The maximum absolute atomic E-state index is 13.0. The molecule has 1 amide bonds. The fourth-order valence-corrected chi connectivity index (χ4v) is 3.05. The number of hydrogen-bond acceptors (Lipinski definition) is 4. The Balaban J connectivity index is 2.09. The molecular weight excluding hydrogens is 332 g/mol. The van der Waals surface area contributed by atoms with Gasteiger partial charge in [0.2, 0.25) is 5.78 Å². The second kappa shape index (κ2) is 7.17. The van der Waals surface area contributed by atoms with E-state index in [1.165, 1.54) is 11.2 Å². The largest absolute Gasteiger partial charge is 0.872 e. The minimum atomic E-state index is -0.779. The molecule has 1 fully saturated rings. The van der Waals surface area contributed by atoms with Gasteiger partial charge in [-0.25, -0.2) is 0 Å². The van der Waals surface area contributed by atoms with Gasteiger partial charge in [-0.05, 0) is 24.6 Å². The van der Waals surface area contributed by atoms with Crippen LogP contribution >= 0.6 is 0 Å². The summed E-state index contributed by atoms with van der Waals surface area (Å²) in [6.45, 7) is 2.94. The molecular formula is C20H22N2O4. The van der Waals surface area contributed by atoms with E-state index in [-0.39, 0.29) is 5.57 Å². The Bertz CT molecular complexity index is 835. The molecule has 1 atom stereocenters. The van der Waals surface area contributed by atoms with E-state index in [9.17, 15) is 14.7 Å². The van der Waals surface area contributed by atoms with Gasteiger partial charge in [0.1, 0.15) is 11.8 Å². The molecule has 1 unspecified atom stereocenters. The van der Waals surface area contributed by atoms with E-state index >= 15 is 0 Å². The SMILES string of the molecule is Cc1ccc(/C([O-])=C2\C(=O)C(=O)N(CC[NH+](C)C)C2c2ccco2)cc1. The van der Waals surface area contributed by atoms with Gasteiger partial charge in [0.25, 0.3) is 5.91 Å². The van der Waals surface area contributed by atoms with Gasteiger partial charge in [0.15, 0.2) is 0 Å². The first kappa shape index (κ1) is 17.9. The molecule has 0 saturated carbocycles. The maximum Gasteiger partial charge on any atom is 0.295 e. The number of nitrogens with one attached hydrogen (secondary N) is 1. The van der Waals surface area contributed by atoms with Crippen molar-refractivity contribution in [3.05, 3.63) is 65.1 Å². The zero-order valence-corrected chi connectivity index (χ0v) is 15.1. The molecule has 0 aliphatic carbocycles. The monoisotopic (exact) mass is 354 g/mol. The number of quaternary nitrogens is 1. The van der Waals surface area contributed by atoms with Crippen LogP contribution in [0.3, 0.4) is 0 Å². The lowest BCUT2D eigenvalue weighted by Gasteiger charge is -2.25. The van der Waals surface area contributed by atoms with Gasteiger partial charge in [0, 0.05) is 5.57 Å². The zero-order valence-electron chi connectivity index (χ0n) is 15.1. The van der Waals surface area contributed by atoms with Gasteiger partial charge in [-0.2, -0.15) is 0 Å². The number of likely N-dealkylation sites (tertiary alicyclic amines) is 1. The van der Waals surface area contributed by atoms with Crippen LogP contribution in [0.1, 0.15) is 22.9 Å². The molecule has 6 heteroatoms. The topological polar surface area (TPSA) is 78.0 Å². The number of benzene rings is 1. The van der Waals surface area contributed by atoms with E-state index in [4.69, 9.17) is 4.42 Å². The van der Waals surface area contributed by atoms with Crippen LogP contribution in [-0.4, -0.2) is 43.8 Å². The number of carbonyl (C=O) groups is 2. The average molecular weight is 354 g/mol. The first-order chi connectivity index (χ1) is 12.4. The van der Waals surface area contributed by atoms with Crippen LogP contribution in [0.5, 0.6) is 0 Å². The van der Waals surface area contributed by atoms with Crippen molar-refractivity contribution in [2.75, 3.05) is 27.2 Å². The van der Waals surface area contributed by atoms with Crippen molar-refractivity contribution >= 4 is 17.4 Å². The smallest absolute Gasteiger partial charge is 0.295 e. The van der Waals surface area contributed by atoms with Crippen LogP contribution in [0.2, 0.25) is 0 Å². The van der Waals surface area contributed by atoms with Gasteiger partial charge in [-0.1, -0.05) is 35.6 Å². The number of aryl methyl sites for hydroxylation is 1. The number of carbonyl (C=O) groups excluding carboxylic acids is 2. The van der Waals surface area contributed by atoms with E-state index in [1.54, 1.807) is 24.3 Å². The zero-order chi connectivity index (χ0) is 18.8. The molecule has 1 N–H and O–H groups in total. The molecule has 2 aromatic rings. The lowest BCUT2D eigenvalue weighted by molar-refractivity contribution is -0.857. The molecule has 136 valence electrons. The summed E-state index contributed by atoms with van der Waals surface area (Å²) in [6, 6.07) is 9.56. The molecule has 3 rings (SSSR count). The molecule has 0 bridgehead atoms. The number of likely N-dealkylation sites (N-methyl/N-ethyl adjacent to an activating group) is 1. The van der Waals surface area contributed by atoms with E-state index in [0.717, 1.165) is 10.5 Å². The van der Waals surface area contributed by atoms with Gasteiger partial charge in [0.05, 0.1) is 33.4 Å². The third-order valence-corrected chi connectivity index (χ3v) is 4.51. The van der Waals surface area contributed by atoms with Crippen molar-refractivity contribution in [1.82, 2.24) is 4.90 Å². The summed E-state index contributed by atoms with van der Waals surface area (Å²) in [5.74, 6) is -1.40. The molecule has 1 aromatic heterocycles. The number of ketones is 1. The molecule has 1 aliphatic heterocycles. The Morgan fingerprint density at radius 3 is 2.46 bits per heavy atom. The van der Waals surface area contributed by atoms with Crippen LogP contribution in [0.15, 0.2) is 52.7 Å². The molecule has 0 spiro atoms. The highest BCUT2D eigenvalue weighted by Gasteiger charge is 2.45. The first-order valence-electron chi connectivity index (χ1n) is 8.56. The standard InChI is InChI=1S/C20H22N2O4/c1-13-6-8-14(9-7-13)18(23)16-17(15-5-4-12-26-15)22(11-10-21(2)3)20(25)19(16)24/h4-9,12,17,23H,10-11H2,1-3H3/b18-16+. The van der Waals surface area contributed by atoms with Gasteiger partial charge in [-0.3, -0.25) is 9.59 Å². The molecule has 2 heterocycles. The van der Waals surface area contributed by atoms with Crippen LogP contribution in [0.4, 0.5) is 0 Å². The van der Waals surface area contributed by atoms with E-state index < -0.39 is 23.5 Å². The molecule has 6 nitrogen and oxygen atoms in total. The van der Waals surface area contributed by atoms with Crippen molar-refractivity contribution in [3.8, 4) is 0 Å². The number of furan rings is 1. The van der Waals surface area contributed by atoms with Crippen LogP contribution in [0.25, 0.3) is 5.76 Å². The summed E-state index contributed by atoms with van der Waals surface area (Å²) in [5, 5.41) is 13.0. The summed E-state index contributed by atoms with van der Waals surface area (Å²) >= 11 is 0. The highest BCUT2D eigenvalue weighted by atomic mass is 16.3. The number of Topliss-reactive ketones (excluding diaryl/α,β-unsaturated/α-hetero) is 1. The predicted molar refractivity (Wildman–Crippen MR) is 93.9 cm³/mol. The molecule has 1 aromatic carbocycles. The molecule has 1 saturated heterocycles. The van der Waals surface area contributed by atoms with E-state index in [2.05, 4.69) is 0 Å². The second-order valence-electron chi connectivity index (χ2n) is 6.81. The summed E-state index contributed by atoms with van der Waals surface area (Å²) in [6.07, 6.45) is 1.48. The van der Waals surface area contributed by atoms with Crippen molar-refractivity contribution in [2.45, 2.75) is 13.0 Å². The second-order valence-corrected chi connectivity index (χ2v) is 6.81. The van der Waals surface area contributed by atoms with Crippen molar-refractivity contribution in [2.24, 2.45) is 0 Å². The summed E-state index contributed by atoms with van der Waals surface area (Å²) < 4.78 is 5.46. The highest BCUT2D eigenvalue weighted by Crippen LogP contribution is 2.38. The van der Waals surface area contributed by atoms with Crippen molar-refractivity contribution in [1.29, 1.82) is 0 Å². The highest BCUT2D eigenvalue weighted by molar-refractivity contribution is 6.46. The third kappa shape index (κ3) is 3.28. The lowest BCUT2D eigenvalue weighted by Crippen LogP contribution is -3.06. The average Bonchev–Trinajstić information content (AvgIpc) is 3.21. The molecule has 1 aliphatic rings. The summed E-state index contributed by atoms with van der Waals surface area (Å²) in [4.78, 5) is 27.8. The quantitative estimate of drug-likeness (QED) is 0.464. The maximum atomic E-state index is 13.0. The lowest BCUT2D eigenvalue weighted by atomic mass is 9.99. The minimum absolute atomic E-state index is 0.0393. The van der Waals surface area contributed by atoms with Gasteiger partial charge in [-0.15, -0.1) is 0 Å².